The smallest absolute Gasteiger partial charge is 0.305 e. The van der Waals surface area contributed by atoms with Gasteiger partial charge in [0.15, 0.2) is 0 Å². The molecule has 0 radical (unpaired) electrons. The number of aliphatic carboxylic acids is 1. The molecule has 15 heteroatoms. The summed E-state index contributed by atoms with van der Waals surface area (Å²) in [6, 6.07) is 0.313. The number of carboxylic acids is 1. The lowest BCUT2D eigenvalue weighted by atomic mass is 9.85. The molecule has 14 nitrogen and oxygen atoms in total. The number of hydrogen-bond acceptors (Lipinski definition) is 12. The summed E-state index contributed by atoms with van der Waals surface area (Å²) in [5.74, 6) is 4.22. The fraction of sp³-hybridized carbons (Fsp3) is 0.948. The molecule has 1 amide bonds. The second-order valence-electron chi connectivity index (χ2n) is 41.0. The summed E-state index contributed by atoms with van der Waals surface area (Å²) >= 11 is 0. The Bertz CT molecular complexity index is 2250. The van der Waals surface area contributed by atoms with Crippen molar-refractivity contribution in [2.45, 2.75) is 590 Å². The molecule has 0 aromatic heterocycles. The van der Waals surface area contributed by atoms with Crippen LogP contribution in [-0.2, 0) is 47.7 Å². The van der Waals surface area contributed by atoms with Crippen LogP contribution in [-0.4, -0.2) is 136 Å². The van der Waals surface area contributed by atoms with Crippen molar-refractivity contribution in [1.82, 2.24) is 14.7 Å². The minimum Gasteiger partial charge on any atom is -0.481 e. The third-order valence-corrected chi connectivity index (χ3v) is 27.7. The SMILES string of the molecule is CCCCCCC(CCCC)COC(=O)CCCCCCCCC(CCCCCCCCC(=O)OCC(CCCC)CCCCCC)CCC(CC)CCCC.CCCCCCC(CCCC)COC(=O)CCCCCCCCC(CCCCCCCCC(=O)OCC(CCCC)CCCCCC)N(CC(CC)CCCC)C(=O)CCCN(C)C.CN(C)CCCC(=O)O.Cl. The molecule has 0 spiro atoms. The third-order valence-electron chi connectivity index (χ3n) is 27.7. The normalized spacial score (nSPS) is 13.3. The molecule has 0 aliphatic rings. The van der Waals surface area contributed by atoms with E-state index in [2.05, 4.69) is 107 Å². The molecule has 0 aliphatic carbocycles. The minimum absolute atomic E-state index is 0. The highest BCUT2D eigenvalue weighted by molar-refractivity contribution is 5.85. The number of nitrogens with zero attached hydrogens (tertiary/aromatic N) is 3. The number of esters is 4. The molecular weight excluding hydrogens is 1630 g/mol. The average molecular weight is 1860 g/mol. The van der Waals surface area contributed by atoms with E-state index in [1.165, 1.54) is 353 Å². The molecule has 0 saturated heterocycles. The lowest BCUT2D eigenvalue weighted by Crippen LogP contribution is -2.43. The number of carbonyl (C=O) groups is 6. The largest absolute Gasteiger partial charge is 0.481 e. The maximum atomic E-state index is 14.0. The van der Waals surface area contributed by atoms with E-state index in [0.717, 1.165) is 141 Å². The maximum Gasteiger partial charge on any atom is 0.305 e. The minimum atomic E-state index is -0.711. The van der Waals surface area contributed by atoms with Crippen molar-refractivity contribution in [2.75, 3.05) is 74.3 Å². The van der Waals surface area contributed by atoms with Crippen molar-refractivity contribution in [3.8, 4) is 0 Å². The highest BCUT2D eigenvalue weighted by Crippen LogP contribution is 2.31. The Morgan fingerprint density at radius 1 is 0.223 bits per heavy atom. The average Bonchev–Trinajstić information content (AvgIpc) is 0.866. The molecule has 0 rings (SSSR count). The van der Waals surface area contributed by atoms with E-state index in [1.807, 2.05) is 19.0 Å². The van der Waals surface area contributed by atoms with Crippen molar-refractivity contribution >= 4 is 48.2 Å². The Morgan fingerprint density at radius 2 is 0.438 bits per heavy atom. The molecule has 0 bridgehead atoms. The number of carboxylic acid groups (broad SMARTS) is 1. The number of ether oxygens (including phenoxy) is 4. The van der Waals surface area contributed by atoms with Gasteiger partial charge in [0.2, 0.25) is 5.91 Å². The van der Waals surface area contributed by atoms with Gasteiger partial charge in [-0.25, -0.2) is 0 Å². The Morgan fingerprint density at radius 3 is 0.700 bits per heavy atom. The lowest BCUT2D eigenvalue weighted by molar-refractivity contribution is -0.146. The van der Waals surface area contributed by atoms with Crippen LogP contribution in [0.25, 0.3) is 0 Å². The van der Waals surface area contributed by atoms with Crippen LogP contribution in [0.3, 0.4) is 0 Å². The monoisotopic (exact) mass is 1860 g/mol. The Labute approximate surface area is 816 Å². The van der Waals surface area contributed by atoms with Gasteiger partial charge >= 0.3 is 29.8 Å². The summed E-state index contributed by atoms with van der Waals surface area (Å²) in [7, 11) is 8.06. The topological polar surface area (TPSA) is 169 Å². The maximum absolute atomic E-state index is 14.0. The Kier molecular flexibility index (Phi) is 108. The van der Waals surface area contributed by atoms with Gasteiger partial charge in [0, 0.05) is 51.1 Å². The van der Waals surface area contributed by atoms with Crippen LogP contribution < -0.4 is 0 Å². The van der Waals surface area contributed by atoms with Crippen LogP contribution >= 0.6 is 12.4 Å². The highest BCUT2D eigenvalue weighted by Gasteiger charge is 2.27. The lowest BCUT2D eigenvalue weighted by Gasteiger charge is -2.35. The summed E-state index contributed by atoms with van der Waals surface area (Å²) in [5, 5.41) is 8.21. The predicted octanol–water partition coefficient (Wildman–Crippen LogP) is 34.9. The van der Waals surface area contributed by atoms with Crippen molar-refractivity contribution in [2.24, 2.45) is 41.4 Å². The van der Waals surface area contributed by atoms with Gasteiger partial charge in [-0.3, -0.25) is 28.8 Å². The first-order valence-electron chi connectivity index (χ1n) is 57.1. The van der Waals surface area contributed by atoms with Crippen LogP contribution in [0.4, 0.5) is 0 Å². The molecule has 0 aromatic carbocycles. The molecule has 6 atom stereocenters. The molecule has 0 aromatic rings. The van der Waals surface area contributed by atoms with Gasteiger partial charge in [0.1, 0.15) is 0 Å². The highest BCUT2D eigenvalue weighted by atomic mass is 35.5. The molecule has 130 heavy (non-hydrogen) atoms. The molecule has 0 heterocycles. The first-order valence-corrected chi connectivity index (χ1v) is 57.1. The second-order valence-corrected chi connectivity index (χ2v) is 41.0. The number of carbonyl (C=O) groups excluding carboxylic acids is 5. The van der Waals surface area contributed by atoms with Gasteiger partial charge in [0.05, 0.1) is 26.4 Å². The zero-order chi connectivity index (χ0) is 95.7. The Balaban J connectivity index is -0.00000111. The fourth-order valence-electron chi connectivity index (χ4n) is 18.6. The number of rotatable bonds is 98. The summed E-state index contributed by atoms with van der Waals surface area (Å²) in [6.45, 7) is 32.6. The predicted molar refractivity (Wildman–Crippen MR) is 564 cm³/mol. The van der Waals surface area contributed by atoms with Crippen LogP contribution in [0.1, 0.15) is 584 Å². The Hall–Kier alpha value is -2.97. The second kappa shape index (κ2) is 105. The van der Waals surface area contributed by atoms with Crippen molar-refractivity contribution in [3.63, 3.8) is 0 Å². The van der Waals surface area contributed by atoms with Crippen LogP contribution in [0.5, 0.6) is 0 Å². The first-order chi connectivity index (χ1) is 62.7. The molecule has 0 aliphatic heterocycles. The van der Waals surface area contributed by atoms with E-state index < -0.39 is 5.97 Å². The van der Waals surface area contributed by atoms with Crippen molar-refractivity contribution in [1.29, 1.82) is 0 Å². The quantitative estimate of drug-likeness (QED) is 0.0347. The van der Waals surface area contributed by atoms with Crippen LogP contribution in [0.15, 0.2) is 0 Å². The summed E-state index contributed by atoms with van der Waals surface area (Å²) < 4.78 is 23.1. The number of amides is 1. The number of unbranched alkanes of at least 4 members (excludes halogenated alkanes) is 38. The molecule has 776 valence electrons. The zero-order valence-corrected chi connectivity index (χ0v) is 90.8. The van der Waals surface area contributed by atoms with E-state index in [-0.39, 0.29) is 42.7 Å². The van der Waals surface area contributed by atoms with E-state index in [1.54, 1.807) is 0 Å². The van der Waals surface area contributed by atoms with Gasteiger partial charge in [-0.1, -0.05) is 436 Å². The fourth-order valence-corrected chi connectivity index (χ4v) is 18.6. The van der Waals surface area contributed by atoms with Gasteiger partial charge < -0.3 is 38.8 Å². The van der Waals surface area contributed by atoms with Crippen LogP contribution in [0.2, 0.25) is 0 Å². The summed E-state index contributed by atoms with van der Waals surface area (Å²) in [5.41, 5.74) is 0. The molecule has 6 unspecified atom stereocenters. The van der Waals surface area contributed by atoms with Gasteiger partial charge in [0.25, 0.3) is 0 Å². The first kappa shape index (κ1) is 133. The van der Waals surface area contributed by atoms with Gasteiger partial charge in [-0.05, 0) is 192 Å². The van der Waals surface area contributed by atoms with E-state index in [9.17, 15) is 28.8 Å². The molecule has 1 N–H and O–H groups in total. The standard InChI is InChI=1S/C57H112N2O5.C52H102O4.C6H13NO2.ClH/c1-9-15-20-30-40-52(38-18-12-4)49-63-56(61)45-34-28-24-22-26-32-42-54(59(48-51(14-6)37-17-11-3)55(60)44-36-47-58(7)8)43-33-27-23-25-29-35-46-57(62)64-50-53(39-19-13-5)41-31-21-16-10-2;1-7-13-18-28-39-49(35-16-10-4)45-55-51(53)41-32-26-22-20-24-30-37-48(44-43-47(12-6)34-15-9-3)38-31-25-21-23-27-33-42-52(54)56-46-50(36-17-11-5)40-29-19-14-8-2;1-7(2)5-3-4-6(8)9;/h51-54H,9-50H2,1-8H3;47-50H,7-46H2,1-6H3;3-5H2,1-2H3,(H,8,9);1H. The molecule has 0 saturated carbocycles. The summed E-state index contributed by atoms with van der Waals surface area (Å²) in [4.78, 5) is 80.7. The molecular formula is C115H228ClN3O11. The van der Waals surface area contributed by atoms with E-state index >= 15 is 0 Å². The van der Waals surface area contributed by atoms with Crippen molar-refractivity contribution < 1.29 is 52.8 Å². The van der Waals surface area contributed by atoms with Crippen LogP contribution in [0, 0.1) is 41.4 Å². The number of hydrogen-bond donors (Lipinski definition) is 1. The number of halogens is 1. The molecule has 0 fully saturated rings. The summed E-state index contributed by atoms with van der Waals surface area (Å²) in [6.07, 6.45) is 91.1. The van der Waals surface area contributed by atoms with Crippen molar-refractivity contribution in [3.05, 3.63) is 0 Å². The zero-order valence-electron chi connectivity index (χ0n) is 90.0. The van der Waals surface area contributed by atoms with Gasteiger partial charge in [-0.15, -0.1) is 12.4 Å². The van der Waals surface area contributed by atoms with E-state index in [0.29, 0.717) is 100 Å². The third kappa shape index (κ3) is 95.3. The van der Waals surface area contributed by atoms with Gasteiger partial charge in [-0.2, -0.15) is 0 Å². The van der Waals surface area contributed by atoms with E-state index in [4.69, 9.17) is 24.1 Å².